The fourth-order valence-electron chi connectivity index (χ4n) is 1.78. The molecule has 0 heterocycles. The maximum Gasteiger partial charge on any atom is 0.416 e. The van der Waals surface area contributed by atoms with Crippen LogP contribution in [0.15, 0.2) is 58.8 Å². The molecule has 0 aliphatic carbocycles. The lowest BCUT2D eigenvalue weighted by atomic mass is 10.2. The molecule has 2 rings (SSSR count). The Bertz CT molecular complexity index is 634. The largest absolute Gasteiger partial charge is 0.494 e. The molecule has 0 bridgehead atoms. The van der Waals surface area contributed by atoms with Crippen LogP contribution in [0.4, 0.5) is 24.5 Å². The van der Waals surface area contributed by atoms with Gasteiger partial charge in [-0.2, -0.15) is 23.4 Å². The zero-order valence-electron chi connectivity index (χ0n) is 12.7. The molecule has 0 saturated carbocycles. The van der Waals surface area contributed by atoms with E-state index in [1.807, 2.05) is 0 Å². The van der Waals surface area contributed by atoms with Crippen molar-refractivity contribution in [3.05, 3.63) is 54.1 Å². The fourth-order valence-corrected chi connectivity index (χ4v) is 1.78. The van der Waals surface area contributed by atoms with E-state index in [0.29, 0.717) is 18.0 Å². The van der Waals surface area contributed by atoms with Crippen LogP contribution in [0.2, 0.25) is 0 Å². The first kappa shape index (κ1) is 17.0. The summed E-state index contributed by atoms with van der Waals surface area (Å²) in [6.07, 6.45) is -2.28. The Morgan fingerprint density at radius 1 is 0.870 bits per heavy atom. The van der Waals surface area contributed by atoms with E-state index in [9.17, 15) is 13.2 Å². The number of rotatable bonds is 6. The zero-order chi connectivity index (χ0) is 16.7. The van der Waals surface area contributed by atoms with Crippen LogP contribution in [-0.2, 0) is 6.18 Å². The molecule has 0 aromatic heterocycles. The predicted octanol–water partition coefficient (Wildman–Crippen LogP) is 6.30. The van der Waals surface area contributed by atoms with E-state index in [0.717, 1.165) is 30.7 Å². The Labute approximate surface area is 132 Å². The Morgan fingerprint density at radius 3 is 1.87 bits per heavy atom. The quantitative estimate of drug-likeness (QED) is 0.454. The third kappa shape index (κ3) is 5.39. The number of hydrogen-bond acceptors (Lipinski definition) is 3. The van der Waals surface area contributed by atoms with Gasteiger partial charge in [-0.25, -0.2) is 0 Å². The van der Waals surface area contributed by atoms with Crippen LogP contribution in [0.3, 0.4) is 0 Å². The molecule has 2 aromatic carbocycles. The Kier molecular flexibility index (Phi) is 5.73. The molecule has 0 unspecified atom stereocenters. The average molecular weight is 322 g/mol. The number of ether oxygens (including phenoxy) is 1. The van der Waals surface area contributed by atoms with Crippen LogP contribution in [0.25, 0.3) is 0 Å². The maximum absolute atomic E-state index is 12.5. The number of unbranched alkanes of at least 4 members (excludes halogenated alkanes) is 1. The van der Waals surface area contributed by atoms with Crippen LogP contribution in [0.1, 0.15) is 25.3 Å². The number of benzene rings is 2. The highest BCUT2D eigenvalue weighted by Gasteiger charge is 2.29. The molecule has 6 heteroatoms. The molecule has 0 saturated heterocycles. The number of halogens is 3. The van der Waals surface area contributed by atoms with Crippen molar-refractivity contribution in [2.75, 3.05) is 6.61 Å². The first-order valence-electron chi connectivity index (χ1n) is 7.31. The van der Waals surface area contributed by atoms with Gasteiger partial charge >= 0.3 is 6.18 Å². The third-order valence-corrected chi connectivity index (χ3v) is 3.08. The normalized spacial score (nSPS) is 11.8. The molecule has 0 radical (unpaired) electrons. The molecule has 122 valence electrons. The lowest BCUT2D eigenvalue weighted by molar-refractivity contribution is -0.137. The minimum atomic E-state index is -4.34. The maximum atomic E-state index is 12.5. The number of alkyl halides is 3. The van der Waals surface area contributed by atoms with Crippen molar-refractivity contribution in [1.82, 2.24) is 0 Å². The van der Waals surface area contributed by atoms with Crippen LogP contribution in [0.5, 0.6) is 5.75 Å². The van der Waals surface area contributed by atoms with Crippen molar-refractivity contribution >= 4 is 11.4 Å². The van der Waals surface area contributed by atoms with Gasteiger partial charge in [0, 0.05) is 0 Å². The van der Waals surface area contributed by atoms with E-state index in [-0.39, 0.29) is 0 Å². The molecular weight excluding hydrogens is 305 g/mol. The van der Waals surface area contributed by atoms with Gasteiger partial charge in [0.1, 0.15) is 5.75 Å². The second-order valence-electron chi connectivity index (χ2n) is 4.94. The van der Waals surface area contributed by atoms with E-state index < -0.39 is 11.7 Å². The smallest absolute Gasteiger partial charge is 0.416 e. The lowest BCUT2D eigenvalue weighted by Gasteiger charge is -2.05. The highest BCUT2D eigenvalue weighted by Crippen LogP contribution is 2.30. The van der Waals surface area contributed by atoms with Gasteiger partial charge in [-0.3, -0.25) is 0 Å². The van der Waals surface area contributed by atoms with Crippen LogP contribution in [0, 0.1) is 0 Å². The first-order chi connectivity index (χ1) is 11.0. The predicted molar refractivity (Wildman–Crippen MR) is 82.5 cm³/mol. The molecule has 0 aliphatic heterocycles. The van der Waals surface area contributed by atoms with E-state index in [1.165, 1.54) is 12.1 Å². The summed E-state index contributed by atoms with van der Waals surface area (Å²) in [4.78, 5) is 0. The van der Waals surface area contributed by atoms with E-state index in [4.69, 9.17) is 4.74 Å². The summed E-state index contributed by atoms with van der Waals surface area (Å²) >= 11 is 0. The highest BCUT2D eigenvalue weighted by atomic mass is 19.4. The van der Waals surface area contributed by atoms with Gasteiger partial charge in [0.05, 0.1) is 23.5 Å². The average Bonchev–Trinajstić information content (AvgIpc) is 2.54. The summed E-state index contributed by atoms with van der Waals surface area (Å²) in [5.74, 6) is 0.756. The molecule has 0 atom stereocenters. The van der Waals surface area contributed by atoms with Crippen molar-refractivity contribution in [3.63, 3.8) is 0 Å². The molecule has 0 spiro atoms. The fraction of sp³-hybridized carbons (Fsp3) is 0.294. The molecule has 0 aliphatic rings. The second kappa shape index (κ2) is 7.76. The van der Waals surface area contributed by atoms with Crippen molar-refractivity contribution in [2.24, 2.45) is 10.2 Å². The second-order valence-corrected chi connectivity index (χ2v) is 4.94. The molecule has 23 heavy (non-hydrogen) atoms. The Balaban J connectivity index is 1.97. The standard InChI is InChI=1S/C17H17F3N2O/c1-2-3-12-23-16-10-8-15(9-11-16)22-21-14-6-4-13(5-7-14)17(18,19)20/h4-11H,2-3,12H2,1H3. The van der Waals surface area contributed by atoms with Crippen molar-refractivity contribution in [1.29, 1.82) is 0 Å². The van der Waals surface area contributed by atoms with Gasteiger partial charge in [0.15, 0.2) is 0 Å². The number of nitrogens with zero attached hydrogens (tertiary/aromatic N) is 2. The van der Waals surface area contributed by atoms with Gasteiger partial charge in [-0.05, 0) is 55.0 Å². The molecule has 2 aromatic rings. The highest BCUT2D eigenvalue weighted by molar-refractivity contribution is 5.43. The molecule has 0 amide bonds. The number of azo groups is 1. The summed E-state index contributed by atoms with van der Waals surface area (Å²) in [7, 11) is 0. The molecular formula is C17H17F3N2O. The van der Waals surface area contributed by atoms with E-state index in [1.54, 1.807) is 24.3 Å². The summed E-state index contributed by atoms with van der Waals surface area (Å²) in [5, 5.41) is 7.92. The van der Waals surface area contributed by atoms with Gasteiger partial charge in [0.25, 0.3) is 0 Å². The first-order valence-corrected chi connectivity index (χ1v) is 7.31. The summed E-state index contributed by atoms with van der Waals surface area (Å²) in [6.45, 7) is 2.76. The van der Waals surface area contributed by atoms with Crippen LogP contribution in [-0.4, -0.2) is 6.61 Å². The zero-order valence-corrected chi connectivity index (χ0v) is 12.7. The monoisotopic (exact) mass is 322 g/mol. The van der Waals surface area contributed by atoms with E-state index >= 15 is 0 Å². The van der Waals surface area contributed by atoms with E-state index in [2.05, 4.69) is 17.2 Å². The minimum absolute atomic E-state index is 0.362. The molecule has 0 N–H and O–H groups in total. The summed E-state index contributed by atoms with van der Waals surface area (Å²) in [6, 6.07) is 11.6. The summed E-state index contributed by atoms with van der Waals surface area (Å²) in [5.41, 5.74) is 0.263. The van der Waals surface area contributed by atoms with Gasteiger partial charge in [-0.1, -0.05) is 13.3 Å². The topological polar surface area (TPSA) is 34.0 Å². The van der Waals surface area contributed by atoms with Crippen LogP contribution < -0.4 is 4.74 Å². The van der Waals surface area contributed by atoms with Crippen molar-refractivity contribution < 1.29 is 17.9 Å². The number of hydrogen-bond donors (Lipinski definition) is 0. The Morgan fingerprint density at radius 2 is 1.39 bits per heavy atom. The van der Waals surface area contributed by atoms with Crippen molar-refractivity contribution in [3.8, 4) is 5.75 Å². The summed E-state index contributed by atoms with van der Waals surface area (Å²) < 4.78 is 42.9. The van der Waals surface area contributed by atoms with Gasteiger partial charge in [0.2, 0.25) is 0 Å². The molecule has 0 fully saturated rings. The van der Waals surface area contributed by atoms with Crippen LogP contribution >= 0.6 is 0 Å². The Hall–Kier alpha value is -2.37. The van der Waals surface area contributed by atoms with Gasteiger partial charge < -0.3 is 4.74 Å². The lowest BCUT2D eigenvalue weighted by Crippen LogP contribution is -2.03. The minimum Gasteiger partial charge on any atom is -0.494 e. The molecule has 3 nitrogen and oxygen atoms in total. The van der Waals surface area contributed by atoms with Gasteiger partial charge in [-0.15, -0.1) is 0 Å². The van der Waals surface area contributed by atoms with Crippen molar-refractivity contribution in [2.45, 2.75) is 25.9 Å². The SMILES string of the molecule is CCCCOc1ccc(N=Nc2ccc(C(F)(F)F)cc2)cc1. The third-order valence-electron chi connectivity index (χ3n) is 3.08.